The van der Waals surface area contributed by atoms with Crippen LogP contribution in [0.5, 0.6) is 5.75 Å². The number of carbonyl (C=O) groups excluding carboxylic acids is 3. The number of aliphatic imine (C=N–C) groups is 1. The summed E-state index contributed by atoms with van der Waals surface area (Å²) in [4.78, 5) is 46.2. The normalized spacial score (nSPS) is 24.7. The van der Waals surface area contributed by atoms with Crippen molar-refractivity contribution in [2.45, 2.75) is 88.9 Å². The Morgan fingerprint density at radius 1 is 1.10 bits per heavy atom. The summed E-state index contributed by atoms with van der Waals surface area (Å²) in [6.07, 6.45) is 3.06. The van der Waals surface area contributed by atoms with Crippen LogP contribution in [0, 0.1) is 0 Å². The predicted octanol–water partition coefficient (Wildman–Crippen LogP) is 3.53. The Labute approximate surface area is 283 Å². The number of nitrogens with zero attached hydrogens (tertiary/aromatic N) is 4. The molecule has 0 amide bonds. The van der Waals surface area contributed by atoms with Gasteiger partial charge in [0.25, 0.3) is 0 Å². The van der Waals surface area contributed by atoms with Gasteiger partial charge in [-0.2, -0.15) is 10.2 Å². The van der Waals surface area contributed by atoms with E-state index in [0.29, 0.717) is 11.2 Å². The molecule has 1 saturated carbocycles. The molecule has 1 saturated heterocycles. The van der Waals surface area contributed by atoms with Crippen LogP contribution >= 0.6 is 7.75 Å². The number of nitrogen functional groups attached to an aromatic ring is 1. The predicted molar refractivity (Wildman–Crippen MR) is 176 cm³/mol. The van der Waals surface area contributed by atoms with Crippen molar-refractivity contribution < 1.29 is 46.9 Å². The zero-order chi connectivity index (χ0) is 35.2. The van der Waals surface area contributed by atoms with Gasteiger partial charge in [-0.05, 0) is 56.9 Å². The Balaban J connectivity index is 1.48. The van der Waals surface area contributed by atoms with E-state index in [1.165, 1.54) is 44.9 Å². The van der Waals surface area contributed by atoms with Crippen molar-refractivity contribution in [1.82, 2.24) is 19.7 Å². The number of carbonyl (C=O) groups is 3. The van der Waals surface area contributed by atoms with Crippen LogP contribution < -0.4 is 15.3 Å². The van der Waals surface area contributed by atoms with E-state index in [-0.39, 0.29) is 17.7 Å². The molecule has 1 aromatic carbocycles. The Hall–Kier alpha value is -4.37. The van der Waals surface area contributed by atoms with Gasteiger partial charge in [0.1, 0.15) is 35.8 Å². The molecule has 2 fully saturated rings. The number of aromatic nitrogens is 3. The zero-order valence-electron chi connectivity index (χ0n) is 27.7. The molecule has 16 nitrogen and oxygen atoms in total. The lowest BCUT2D eigenvalue weighted by molar-refractivity contribution is -0.165. The molecule has 2 aromatic heterocycles. The van der Waals surface area contributed by atoms with E-state index in [1.807, 2.05) is 0 Å². The topological polar surface area (TPSA) is 204 Å². The highest BCUT2D eigenvalue weighted by Gasteiger charge is 2.61. The monoisotopic (exact) mass is 700 g/mol. The van der Waals surface area contributed by atoms with Crippen LogP contribution in [0.3, 0.4) is 0 Å². The van der Waals surface area contributed by atoms with Gasteiger partial charge in [0.05, 0.1) is 12.3 Å². The van der Waals surface area contributed by atoms with E-state index < -0.39 is 62.2 Å². The highest BCUT2D eigenvalue weighted by atomic mass is 31.2. The Morgan fingerprint density at radius 3 is 2.49 bits per heavy atom. The molecule has 5 rings (SSSR count). The number of fused-ring (bicyclic) bond motifs is 1. The van der Waals surface area contributed by atoms with E-state index in [4.69, 9.17) is 33.7 Å². The molecule has 264 valence electrons. The quantitative estimate of drug-likeness (QED) is 0.113. The number of anilines is 1. The van der Waals surface area contributed by atoms with Crippen LogP contribution in [-0.4, -0.2) is 82.8 Å². The van der Waals surface area contributed by atoms with Gasteiger partial charge < -0.3 is 29.2 Å². The van der Waals surface area contributed by atoms with E-state index in [0.717, 1.165) is 32.1 Å². The maximum atomic E-state index is 14.4. The average molecular weight is 701 g/mol. The minimum absolute atomic E-state index is 0.171. The number of nitrogens with one attached hydrogen (secondary N) is 1. The van der Waals surface area contributed by atoms with Crippen molar-refractivity contribution in [1.29, 1.82) is 0 Å². The first-order chi connectivity index (χ1) is 23.4. The Kier molecular flexibility index (Phi) is 11.3. The first-order valence-corrected chi connectivity index (χ1v) is 17.5. The summed E-state index contributed by atoms with van der Waals surface area (Å²) in [7, 11) is -2.90. The summed E-state index contributed by atoms with van der Waals surface area (Å²) in [5.41, 5.74) is 5.11. The van der Waals surface area contributed by atoms with Crippen molar-refractivity contribution in [2.75, 3.05) is 19.4 Å². The highest BCUT2D eigenvalue weighted by molar-refractivity contribution is 7.52. The third-order valence-electron chi connectivity index (χ3n) is 8.15. The number of esters is 3. The largest absolute Gasteiger partial charge is 0.461 e. The summed E-state index contributed by atoms with van der Waals surface area (Å²) in [6, 6.07) is 10.4. The number of rotatable bonds is 13. The van der Waals surface area contributed by atoms with Gasteiger partial charge in [-0.15, -0.1) is 0 Å². The molecule has 3 N–H and O–H groups in total. The molecule has 17 heteroatoms. The molecule has 2 aliphatic rings. The summed E-state index contributed by atoms with van der Waals surface area (Å²) in [6.45, 7) is 3.34. The van der Waals surface area contributed by atoms with Gasteiger partial charge in [0, 0.05) is 27.1 Å². The summed E-state index contributed by atoms with van der Waals surface area (Å²) >= 11 is 0. The number of hydrogen-bond acceptors (Lipinski definition) is 14. The number of ether oxygens (including phenoxy) is 4. The van der Waals surface area contributed by atoms with Crippen molar-refractivity contribution in [3.8, 4) is 5.75 Å². The van der Waals surface area contributed by atoms with Crippen molar-refractivity contribution in [2.24, 2.45) is 4.99 Å². The first kappa shape index (κ1) is 35.9. The van der Waals surface area contributed by atoms with Crippen LogP contribution in [0.2, 0.25) is 0 Å². The summed E-state index contributed by atoms with van der Waals surface area (Å²) < 4.78 is 51.3. The minimum Gasteiger partial charge on any atom is -0.461 e. The highest BCUT2D eigenvalue weighted by Crippen LogP contribution is 2.48. The first-order valence-electron chi connectivity index (χ1n) is 16.0. The van der Waals surface area contributed by atoms with Crippen LogP contribution in [0.4, 0.5) is 5.82 Å². The van der Waals surface area contributed by atoms with Crippen molar-refractivity contribution in [3.63, 3.8) is 0 Å². The molecular formula is C32H41N6O10P. The molecular weight excluding hydrogens is 659 g/mol. The molecule has 0 bridgehead atoms. The number of hydrogen-bond donors (Lipinski definition) is 2. The Morgan fingerprint density at radius 2 is 1.82 bits per heavy atom. The van der Waals surface area contributed by atoms with Crippen LogP contribution in [0.1, 0.15) is 58.6 Å². The maximum absolute atomic E-state index is 14.4. The van der Waals surface area contributed by atoms with Gasteiger partial charge >= 0.3 is 25.7 Å². The molecule has 0 radical (unpaired) electrons. The number of para-hydroxylation sites is 1. The second-order valence-electron chi connectivity index (χ2n) is 11.8. The second-order valence-corrected chi connectivity index (χ2v) is 13.5. The van der Waals surface area contributed by atoms with E-state index in [2.05, 4.69) is 20.2 Å². The molecule has 1 unspecified atom stereocenters. The van der Waals surface area contributed by atoms with Crippen LogP contribution in [0.25, 0.3) is 5.52 Å². The van der Waals surface area contributed by atoms with Crippen molar-refractivity contribution >= 4 is 43.2 Å². The fourth-order valence-electron chi connectivity index (χ4n) is 6.05. The fourth-order valence-corrected chi connectivity index (χ4v) is 7.55. The standard InChI is InChI=1S/C32H41N6O10P/c1-20(31(41)46-23-11-7-5-8-12-23)37-49(42,48-24-13-9-6-10-14-24)43-17-26-28(44-21(2)39)29(45-22(3)40)32(47-26,18-34-4)27-16-15-25-30(33)35-19-36-38(25)27/h6,9-10,13-16,18-20,23,26,28-29H,5,7-8,11-12,17H2,1-4H3,(H,37,42)(H2,33,35,36)/t20-,26+,28+,29+,32-,49?/m0/s1. The molecule has 1 aliphatic heterocycles. The SMILES string of the molecule is CN=C[C@@]1(c2ccc3c(N)ncnn23)O[C@H](COP(=O)(N[C@@H](C)C(=O)OC2CCCCC2)Oc2ccccc2)[C@@H](OC(C)=O)[C@H]1OC(C)=O. The maximum Gasteiger partial charge on any atom is 0.459 e. The lowest BCUT2D eigenvalue weighted by atomic mass is 9.91. The number of nitrogens with two attached hydrogens (primary N) is 1. The third-order valence-corrected chi connectivity index (χ3v) is 9.79. The van der Waals surface area contributed by atoms with Gasteiger partial charge in [0.15, 0.2) is 23.6 Å². The summed E-state index contributed by atoms with van der Waals surface area (Å²) in [5.74, 6) is -1.67. The van der Waals surface area contributed by atoms with E-state index in [1.54, 1.807) is 42.5 Å². The van der Waals surface area contributed by atoms with Crippen LogP contribution in [-0.2, 0) is 48.0 Å². The molecule has 3 heterocycles. The van der Waals surface area contributed by atoms with Gasteiger partial charge in [0.2, 0.25) is 0 Å². The smallest absolute Gasteiger partial charge is 0.459 e. The molecule has 49 heavy (non-hydrogen) atoms. The Bertz CT molecular complexity index is 1710. The van der Waals surface area contributed by atoms with E-state index >= 15 is 0 Å². The van der Waals surface area contributed by atoms with Gasteiger partial charge in [-0.3, -0.25) is 23.9 Å². The van der Waals surface area contributed by atoms with Crippen molar-refractivity contribution in [3.05, 3.63) is 54.5 Å². The van der Waals surface area contributed by atoms with E-state index in [9.17, 15) is 18.9 Å². The minimum atomic E-state index is -4.38. The fraction of sp³-hybridized carbons (Fsp3) is 0.500. The second kappa shape index (κ2) is 15.5. The van der Waals surface area contributed by atoms with Crippen LogP contribution in [0.15, 0.2) is 53.8 Å². The summed E-state index contributed by atoms with van der Waals surface area (Å²) in [5, 5.41) is 6.99. The zero-order valence-corrected chi connectivity index (χ0v) is 28.6. The molecule has 6 atom stereocenters. The third kappa shape index (κ3) is 8.27. The lowest BCUT2D eigenvalue weighted by Gasteiger charge is -2.30. The molecule has 3 aromatic rings. The molecule has 0 spiro atoms. The number of benzene rings is 1. The van der Waals surface area contributed by atoms with Gasteiger partial charge in [-0.1, -0.05) is 24.6 Å². The molecule has 1 aliphatic carbocycles. The van der Waals surface area contributed by atoms with Gasteiger partial charge in [-0.25, -0.2) is 14.1 Å². The average Bonchev–Trinajstić information content (AvgIpc) is 3.62. The lowest BCUT2D eigenvalue weighted by Crippen LogP contribution is -2.47.